The Morgan fingerprint density at radius 3 is 1.65 bits per heavy atom. The van der Waals surface area contributed by atoms with E-state index in [0.29, 0.717) is 5.82 Å². The molecule has 0 saturated heterocycles. The van der Waals surface area contributed by atoms with E-state index in [4.69, 9.17) is 14.4 Å². The van der Waals surface area contributed by atoms with Gasteiger partial charge in [-0.2, -0.15) is 0 Å². The lowest BCUT2D eigenvalue weighted by molar-refractivity contribution is 0.670. The minimum atomic E-state index is 0.671. The molecule has 3 heterocycles. The standard InChI is InChI=1S/C50H31N3O/c1-2-13-33(14-3-1)50-51-44(31-45(52-50)43-21-12-20-42-41-19-8-11-24-48(41)54-49(42)43)38-30-29-35(36-15-4-5-16-37(36)38)32-25-27-34(28-26-32)53-46-22-9-6-17-39(46)40-18-7-10-23-47(40)53/h1-31H. The van der Waals surface area contributed by atoms with E-state index in [-0.39, 0.29) is 0 Å². The van der Waals surface area contributed by atoms with Gasteiger partial charge in [-0.15, -0.1) is 0 Å². The van der Waals surface area contributed by atoms with E-state index in [2.05, 4.69) is 162 Å². The predicted octanol–water partition coefficient (Wildman–Crippen LogP) is 13.3. The van der Waals surface area contributed by atoms with Crippen molar-refractivity contribution in [1.29, 1.82) is 0 Å². The quantitative estimate of drug-likeness (QED) is 0.181. The molecule has 0 aliphatic carbocycles. The lowest BCUT2D eigenvalue weighted by Crippen LogP contribution is -1.97. The van der Waals surface area contributed by atoms with E-state index in [0.717, 1.165) is 66.7 Å². The molecule has 4 nitrogen and oxygen atoms in total. The summed E-state index contributed by atoms with van der Waals surface area (Å²) in [5.41, 5.74) is 12.2. The van der Waals surface area contributed by atoms with Gasteiger partial charge in [0, 0.05) is 43.9 Å². The van der Waals surface area contributed by atoms with Crippen LogP contribution in [0.15, 0.2) is 192 Å². The van der Waals surface area contributed by atoms with Crippen LogP contribution >= 0.6 is 0 Å². The van der Waals surface area contributed by atoms with Crippen LogP contribution in [0.2, 0.25) is 0 Å². The molecule has 0 aliphatic rings. The van der Waals surface area contributed by atoms with Crippen LogP contribution in [-0.2, 0) is 0 Å². The molecule has 8 aromatic carbocycles. The van der Waals surface area contributed by atoms with Crippen LogP contribution in [0.3, 0.4) is 0 Å². The van der Waals surface area contributed by atoms with Gasteiger partial charge in [0.05, 0.1) is 22.4 Å². The zero-order chi connectivity index (χ0) is 35.6. The Balaban J connectivity index is 1.06. The van der Waals surface area contributed by atoms with Crippen molar-refractivity contribution < 1.29 is 4.42 Å². The Morgan fingerprint density at radius 2 is 0.926 bits per heavy atom. The Bertz CT molecular complexity index is 3160. The summed E-state index contributed by atoms with van der Waals surface area (Å²) in [5.74, 6) is 0.671. The molecule has 0 bridgehead atoms. The number of para-hydroxylation sites is 4. The first kappa shape index (κ1) is 30.3. The van der Waals surface area contributed by atoms with Crippen molar-refractivity contribution in [3.05, 3.63) is 188 Å². The summed E-state index contributed by atoms with van der Waals surface area (Å²) in [6.45, 7) is 0. The van der Waals surface area contributed by atoms with Crippen LogP contribution in [0.5, 0.6) is 0 Å². The van der Waals surface area contributed by atoms with Crippen molar-refractivity contribution in [2.24, 2.45) is 0 Å². The highest BCUT2D eigenvalue weighted by Crippen LogP contribution is 2.40. The highest BCUT2D eigenvalue weighted by atomic mass is 16.3. The summed E-state index contributed by atoms with van der Waals surface area (Å²) >= 11 is 0. The van der Waals surface area contributed by atoms with Gasteiger partial charge in [-0.3, -0.25) is 0 Å². The molecule has 0 saturated carbocycles. The first-order valence-electron chi connectivity index (χ1n) is 18.2. The molecule has 54 heavy (non-hydrogen) atoms. The molecule has 3 aromatic heterocycles. The highest BCUT2D eigenvalue weighted by Gasteiger charge is 2.18. The maximum Gasteiger partial charge on any atom is 0.160 e. The van der Waals surface area contributed by atoms with Gasteiger partial charge >= 0.3 is 0 Å². The van der Waals surface area contributed by atoms with Crippen molar-refractivity contribution >= 4 is 54.5 Å². The first-order chi connectivity index (χ1) is 26.8. The molecule has 0 spiro atoms. The van der Waals surface area contributed by atoms with Gasteiger partial charge in [-0.05, 0) is 64.4 Å². The van der Waals surface area contributed by atoms with Crippen LogP contribution < -0.4 is 0 Å². The maximum absolute atomic E-state index is 6.48. The molecule has 0 N–H and O–H groups in total. The molecule has 4 heteroatoms. The summed E-state index contributed by atoms with van der Waals surface area (Å²) in [5, 5.41) is 6.99. The van der Waals surface area contributed by atoms with Crippen LogP contribution in [0.4, 0.5) is 0 Å². The molecule has 0 fully saturated rings. The Hall–Kier alpha value is -7.30. The van der Waals surface area contributed by atoms with Crippen molar-refractivity contribution in [3.63, 3.8) is 0 Å². The molecule has 0 radical (unpaired) electrons. The number of fused-ring (bicyclic) bond motifs is 7. The number of hydrogen-bond donors (Lipinski definition) is 0. The number of hydrogen-bond acceptors (Lipinski definition) is 3. The molecule has 0 aliphatic heterocycles. The average molecular weight is 690 g/mol. The lowest BCUT2D eigenvalue weighted by Gasteiger charge is -2.14. The molecule has 0 unspecified atom stereocenters. The largest absolute Gasteiger partial charge is 0.455 e. The predicted molar refractivity (Wildman–Crippen MR) is 223 cm³/mol. The third-order valence-corrected chi connectivity index (χ3v) is 10.7. The maximum atomic E-state index is 6.48. The number of nitrogens with zero attached hydrogens (tertiary/aromatic N) is 3. The van der Waals surface area contributed by atoms with Gasteiger partial charge in [0.15, 0.2) is 5.82 Å². The Morgan fingerprint density at radius 1 is 0.370 bits per heavy atom. The highest BCUT2D eigenvalue weighted by molar-refractivity contribution is 6.11. The molecular formula is C50H31N3O. The summed E-state index contributed by atoms with van der Waals surface area (Å²) in [6, 6.07) is 66.1. The normalized spacial score (nSPS) is 11.7. The molecule has 11 aromatic rings. The fourth-order valence-corrected chi connectivity index (χ4v) is 8.15. The summed E-state index contributed by atoms with van der Waals surface area (Å²) in [6.07, 6.45) is 0. The van der Waals surface area contributed by atoms with Gasteiger partial charge in [-0.1, -0.05) is 146 Å². The van der Waals surface area contributed by atoms with E-state index in [1.165, 1.54) is 32.8 Å². The number of aromatic nitrogens is 3. The van der Waals surface area contributed by atoms with Crippen LogP contribution in [0.1, 0.15) is 0 Å². The second-order valence-corrected chi connectivity index (χ2v) is 13.7. The van der Waals surface area contributed by atoms with E-state index in [1.54, 1.807) is 0 Å². The topological polar surface area (TPSA) is 43.9 Å². The van der Waals surface area contributed by atoms with Gasteiger partial charge in [0.1, 0.15) is 11.2 Å². The summed E-state index contributed by atoms with van der Waals surface area (Å²) in [4.78, 5) is 10.4. The zero-order valence-corrected chi connectivity index (χ0v) is 29.1. The number of benzene rings is 8. The zero-order valence-electron chi connectivity index (χ0n) is 29.1. The molecule has 0 atom stereocenters. The van der Waals surface area contributed by atoms with Crippen molar-refractivity contribution in [2.45, 2.75) is 0 Å². The molecular weight excluding hydrogens is 659 g/mol. The Kier molecular flexibility index (Phi) is 6.82. The second-order valence-electron chi connectivity index (χ2n) is 13.7. The van der Waals surface area contributed by atoms with Crippen molar-refractivity contribution in [2.75, 3.05) is 0 Å². The van der Waals surface area contributed by atoms with Crippen molar-refractivity contribution in [3.8, 4) is 50.7 Å². The fraction of sp³-hybridized carbons (Fsp3) is 0. The molecule has 252 valence electrons. The second kappa shape index (κ2) is 12.1. The SMILES string of the molecule is c1ccc(-c2nc(-c3ccc(-c4ccc(-n5c6ccccc6c6ccccc65)cc4)c4ccccc34)cc(-c3cccc4c3oc3ccccc34)n2)cc1. The minimum Gasteiger partial charge on any atom is -0.455 e. The fourth-order valence-electron chi connectivity index (χ4n) is 8.15. The van der Waals surface area contributed by atoms with Gasteiger partial charge in [-0.25, -0.2) is 9.97 Å². The van der Waals surface area contributed by atoms with E-state index < -0.39 is 0 Å². The average Bonchev–Trinajstić information content (AvgIpc) is 3.80. The van der Waals surface area contributed by atoms with Gasteiger partial charge < -0.3 is 8.98 Å². The third-order valence-electron chi connectivity index (χ3n) is 10.7. The van der Waals surface area contributed by atoms with Crippen molar-refractivity contribution in [1.82, 2.24) is 14.5 Å². The van der Waals surface area contributed by atoms with Crippen LogP contribution in [-0.4, -0.2) is 14.5 Å². The number of rotatable bonds is 5. The molecule has 0 amide bonds. The monoisotopic (exact) mass is 689 g/mol. The lowest BCUT2D eigenvalue weighted by atomic mass is 9.93. The summed E-state index contributed by atoms with van der Waals surface area (Å²) < 4.78 is 8.84. The smallest absolute Gasteiger partial charge is 0.160 e. The van der Waals surface area contributed by atoms with Gasteiger partial charge in [0.25, 0.3) is 0 Å². The third kappa shape index (κ3) is 4.78. The molecule has 11 rings (SSSR count). The van der Waals surface area contributed by atoms with E-state index in [9.17, 15) is 0 Å². The van der Waals surface area contributed by atoms with E-state index >= 15 is 0 Å². The van der Waals surface area contributed by atoms with Crippen LogP contribution in [0.25, 0.3) is 105 Å². The number of furan rings is 1. The Labute approximate surface area is 311 Å². The summed E-state index contributed by atoms with van der Waals surface area (Å²) in [7, 11) is 0. The first-order valence-corrected chi connectivity index (χ1v) is 18.2. The van der Waals surface area contributed by atoms with Gasteiger partial charge in [0.2, 0.25) is 0 Å². The van der Waals surface area contributed by atoms with Crippen LogP contribution in [0, 0.1) is 0 Å². The minimum absolute atomic E-state index is 0.671. The van der Waals surface area contributed by atoms with E-state index in [1.807, 2.05) is 30.3 Å².